The largest absolute Gasteiger partial charge is 0.506 e. The first-order chi connectivity index (χ1) is 6.24. The fraction of sp³-hybridized carbons (Fsp3) is 0. The summed E-state index contributed by atoms with van der Waals surface area (Å²) in [4.78, 5) is 0. The highest BCUT2D eigenvalue weighted by Gasteiger charge is 2.10. The average molecular weight is 301 g/mol. The molecule has 2 rings (SSSR count). The summed E-state index contributed by atoms with van der Waals surface area (Å²) in [5.41, 5.74) is 0.380. The highest BCUT2D eigenvalue weighted by molar-refractivity contribution is 14.1. The van der Waals surface area contributed by atoms with Crippen molar-refractivity contribution in [3.8, 4) is 11.8 Å². The van der Waals surface area contributed by atoms with Crippen molar-refractivity contribution in [1.82, 2.24) is 0 Å². The molecule has 1 heterocycles. The summed E-state index contributed by atoms with van der Waals surface area (Å²) in [6, 6.07) is 5.59. The molecule has 4 heteroatoms. The summed E-state index contributed by atoms with van der Waals surface area (Å²) in [6.07, 6.45) is 0. The number of phenols is 1. The Morgan fingerprint density at radius 2 is 2.31 bits per heavy atom. The first-order valence-corrected chi connectivity index (χ1v) is 5.48. The SMILES string of the molecule is N#Cc1c(O)cc(I)c2ccsc12. The van der Waals surface area contributed by atoms with Crippen LogP contribution in [-0.4, -0.2) is 5.11 Å². The first-order valence-electron chi connectivity index (χ1n) is 3.53. The lowest BCUT2D eigenvalue weighted by molar-refractivity contribution is 0.474. The molecule has 0 bridgehead atoms. The predicted molar refractivity (Wildman–Crippen MR) is 60.9 cm³/mol. The predicted octanol–water partition coefficient (Wildman–Crippen LogP) is 3.08. The molecule has 0 saturated heterocycles. The summed E-state index contributed by atoms with van der Waals surface area (Å²) < 4.78 is 1.84. The van der Waals surface area contributed by atoms with Crippen molar-refractivity contribution >= 4 is 44.0 Å². The smallest absolute Gasteiger partial charge is 0.135 e. The molecule has 0 spiro atoms. The first kappa shape index (κ1) is 8.78. The zero-order chi connectivity index (χ0) is 9.42. The van der Waals surface area contributed by atoms with Crippen LogP contribution in [0.25, 0.3) is 10.1 Å². The van der Waals surface area contributed by atoms with Gasteiger partial charge in [-0.3, -0.25) is 0 Å². The van der Waals surface area contributed by atoms with E-state index in [9.17, 15) is 5.11 Å². The van der Waals surface area contributed by atoms with Gasteiger partial charge >= 0.3 is 0 Å². The molecule has 1 N–H and O–H groups in total. The van der Waals surface area contributed by atoms with Crippen LogP contribution < -0.4 is 0 Å². The number of benzene rings is 1. The quantitative estimate of drug-likeness (QED) is 0.760. The summed E-state index contributed by atoms with van der Waals surface area (Å²) >= 11 is 3.63. The van der Waals surface area contributed by atoms with Crippen molar-refractivity contribution in [3.63, 3.8) is 0 Å². The van der Waals surface area contributed by atoms with Gasteiger partial charge in [-0.15, -0.1) is 11.3 Å². The lowest BCUT2D eigenvalue weighted by atomic mass is 10.1. The number of nitriles is 1. The number of fused-ring (bicyclic) bond motifs is 1. The minimum atomic E-state index is 0.0712. The van der Waals surface area contributed by atoms with Gasteiger partial charge in [0.15, 0.2) is 0 Å². The second-order valence-electron chi connectivity index (χ2n) is 2.53. The van der Waals surface area contributed by atoms with Gasteiger partial charge < -0.3 is 5.11 Å². The maximum atomic E-state index is 9.49. The molecule has 0 aliphatic rings. The van der Waals surface area contributed by atoms with Crippen LogP contribution in [0.2, 0.25) is 0 Å². The molecule has 2 nitrogen and oxygen atoms in total. The van der Waals surface area contributed by atoms with E-state index in [1.54, 1.807) is 6.07 Å². The van der Waals surface area contributed by atoms with Crippen LogP contribution >= 0.6 is 33.9 Å². The Balaban J connectivity index is 2.99. The van der Waals surface area contributed by atoms with Gasteiger partial charge in [0.1, 0.15) is 17.4 Å². The average Bonchev–Trinajstić information content (AvgIpc) is 2.53. The second kappa shape index (κ2) is 3.16. The number of rotatable bonds is 0. The minimum absolute atomic E-state index is 0.0712. The lowest BCUT2D eigenvalue weighted by Crippen LogP contribution is -1.80. The van der Waals surface area contributed by atoms with Gasteiger partial charge in [-0.05, 0) is 40.1 Å². The maximum absolute atomic E-state index is 9.49. The van der Waals surface area contributed by atoms with Crippen LogP contribution in [0.4, 0.5) is 0 Å². The van der Waals surface area contributed by atoms with Crippen molar-refractivity contribution in [2.45, 2.75) is 0 Å². The molecule has 0 atom stereocenters. The van der Waals surface area contributed by atoms with Crippen LogP contribution in [0.3, 0.4) is 0 Å². The topological polar surface area (TPSA) is 44.0 Å². The molecule has 0 radical (unpaired) electrons. The van der Waals surface area contributed by atoms with E-state index in [2.05, 4.69) is 22.6 Å². The van der Waals surface area contributed by atoms with Gasteiger partial charge in [-0.1, -0.05) is 0 Å². The van der Waals surface area contributed by atoms with E-state index < -0.39 is 0 Å². The molecular formula is C9H4INOS. The Morgan fingerprint density at radius 1 is 1.54 bits per heavy atom. The molecule has 0 aliphatic heterocycles. The number of thiophene rings is 1. The normalized spacial score (nSPS) is 10.2. The van der Waals surface area contributed by atoms with E-state index >= 15 is 0 Å². The van der Waals surface area contributed by atoms with Crippen molar-refractivity contribution in [1.29, 1.82) is 5.26 Å². The highest BCUT2D eigenvalue weighted by atomic mass is 127. The Bertz CT molecular complexity index is 512. The van der Waals surface area contributed by atoms with Gasteiger partial charge in [-0.25, -0.2) is 0 Å². The van der Waals surface area contributed by atoms with E-state index in [1.807, 2.05) is 17.5 Å². The Hall–Kier alpha value is -0.800. The zero-order valence-corrected chi connectivity index (χ0v) is 9.39. The van der Waals surface area contributed by atoms with Gasteiger partial charge in [0.05, 0.1) is 4.70 Å². The van der Waals surface area contributed by atoms with Gasteiger partial charge in [-0.2, -0.15) is 5.26 Å². The molecule has 64 valence electrons. The lowest BCUT2D eigenvalue weighted by Gasteiger charge is -1.99. The fourth-order valence-corrected chi connectivity index (χ4v) is 3.03. The Labute approximate surface area is 92.6 Å². The third kappa shape index (κ3) is 1.28. The number of hydrogen-bond donors (Lipinski definition) is 1. The number of aromatic hydroxyl groups is 1. The number of nitrogens with zero attached hydrogens (tertiary/aromatic N) is 1. The van der Waals surface area contributed by atoms with Gasteiger partial charge in [0, 0.05) is 8.96 Å². The molecule has 0 fully saturated rings. The van der Waals surface area contributed by atoms with Crippen LogP contribution in [-0.2, 0) is 0 Å². The monoisotopic (exact) mass is 301 g/mol. The third-order valence-electron chi connectivity index (χ3n) is 1.78. The van der Waals surface area contributed by atoms with Crippen LogP contribution in [0.15, 0.2) is 17.5 Å². The van der Waals surface area contributed by atoms with E-state index in [4.69, 9.17) is 5.26 Å². The Morgan fingerprint density at radius 3 is 3.00 bits per heavy atom. The van der Waals surface area contributed by atoms with Crippen LogP contribution in [0, 0.1) is 14.9 Å². The standard InChI is InChI=1S/C9H4INOS/c10-7-3-8(12)6(4-11)9-5(7)1-2-13-9/h1-3,12H. The summed E-state index contributed by atoms with van der Waals surface area (Å²) in [7, 11) is 0. The van der Waals surface area contributed by atoms with Gasteiger partial charge in [0.25, 0.3) is 0 Å². The molecule has 0 amide bonds. The fourth-order valence-electron chi connectivity index (χ4n) is 1.19. The molecule has 1 aromatic heterocycles. The Kier molecular flexibility index (Phi) is 2.14. The van der Waals surface area contributed by atoms with Crippen molar-refractivity contribution in [2.75, 3.05) is 0 Å². The molecule has 0 unspecified atom stereocenters. The van der Waals surface area contributed by atoms with E-state index in [0.717, 1.165) is 13.7 Å². The van der Waals surface area contributed by atoms with Crippen LogP contribution in [0.1, 0.15) is 5.56 Å². The van der Waals surface area contributed by atoms with Crippen molar-refractivity contribution in [3.05, 3.63) is 26.6 Å². The molecule has 1 aromatic carbocycles. The van der Waals surface area contributed by atoms with E-state index in [1.165, 1.54) is 11.3 Å². The van der Waals surface area contributed by atoms with Crippen LogP contribution in [0.5, 0.6) is 5.75 Å². The molecule has 0 aliphatic carbocycles. The number of phenolic OH excluding ortho intramolecular Hbond substituents is 1. The van der Waals surface area contributed by atoms with Crippen molar-refractivity contribution < 1.29 is 5.11 Å². The third-order valence-corrected chi connectivity index (χ3v) is 3.61. The van der Waals surface area contributed by atoms with E-state index in [-0.39, 0.29) is 5.75 Å². The minimum Gasteiger partial charge on any atom is -0.506 e. The van der Waals surface area contributed by atoms with Crippen molar-refractivity contribution in [2.24, 2.45) is 0 Å². The summed E-state index contributed by atoms with van der Waals surface area (Å²) in [6.45, 7) is 0. The maximum Gasteiger partial charge on any atom is 0.135 e. The second-order valence-corrected chi connectivity index (χ2v) is 4.61. The molecule has 0 saturated carbocycles. The summed E-state index contributed by atoms with van der Waals surface area (Å²) in [5.74, 6) is 0.0712. The van der Waals surface area contributed by atoms with Gasteiger partial charge in [0.2, 0.25) is 0 Å². The summed E-state index contributed by atoms with van der Waals surface area (Å²) in [5, 5.41) is 21.3. The number of hydrogen-bond acceptors (Lipinski definition) is 3. The highest BCUT2D eigenvalue weighted by Crippen LogP contribution is 2.34. The number of halogens is 1. The van der Waals surface area contributed by atoms with E-state index in [0.29, 0.717) is 5.56 Å². The molecular weight excluding hydrogens is 297 g/mol. The molecule has 13 heavy (non-hydrogen) atoms. The molecule has 2 aromatic rings. The zero-order valence-electron chi connectivity index (χ0n) is 6.41.